The molecule has 2 heterocycles. The molecular weight excluding hydrogens is 216 g/mol. The van der Waals surface area contributed by atoms with E-state index in [-0.39, 0.29) is 12.5 Å². The summed E-state index contributed by atoms with van der Waals surface area (Å²) >= 11 is 0. The van der Waals surface area contributed by atoms with Crippen molar-refractivity contribution in [2.45, 2.75) is 31.7 Å². The molecule has 92 valence electrons. The maximum atomic E-state index is 11.0. The fourth-order valence-electron chi connectivity index (χ4n) is 2.44. The predicted molar refractivity (Wildman–Crippen MR) is 64.7 cm³/mol. The summed E-state index contributed by atoms with van der Waals surface area (Å²) in [6.45, 7) is 2.00. The molecule has 1 unspecified atom stereocenters. The van der Waals surface area contributed by atoms with Crippen LogP contribution < -0.4 is 0 Å². The van der Waals surface area contributed by atoms with Crippen molar-refractivity contribution in [3.63, 3.8) is 0 Å². The second-order valence-electron chi connectivity index (χ2n) is 4.49. The van der Waals surface area contributed by atoms with Crippen molar-refractivity contribution < 1.29 is 9.90 Å². The third kappa shape index (κ3) is 3.27. The summed E-state index contributed by atoms with van der Waals surface area (Å²) in [6.07, 6.45) is 7.22. The van der Waals surface area contributed by atoms with Gasteiger partial charge in [-0.15, -0.1) is 0 Å². The number of carboxylic acid groups (broad SMARTS) is 1. The predicted octanol–water partition coefficient (Wildman–Crippen LogP) is 2.08. The molecule has 0 aromatic carbocycles. The van der Waals surface area contributed by atoms with Crippen LogP contribution in [-0.4, -0.2) is 34.0 Å². The largest absolute Gasteiger partial charge is 0.481 e. The Balaban J connectivity index is 2.15. The molecule has 1 aromatic heterocycles. The van der Waals surface area contributed by atoms with Crippen LogP contribution in [0.1, 0.15) is 37.3 Å². The maximum absolute atomic E-state index is 11.0. The molecule has 1 saturated heterocycles. The SMILES string of the molecule is O=C(O)CC(c1ccncc1)N1CCCCC1. The third-order valence-corrected chi connectivity index (χ3v) is 3.29. The van der Waals surface area contributed by atoms with Crippen LogP contribution >= 0.6 is 0 Å². The van der Waals surface area contributed by atoms with Crippen LogP contribution in [0, 0.1) is 0 Å². The summed E-state index contributed by atoms with van der Waals surface area (Å²) in [5, 5.41) is 9.03. The van der Waals surface area contributed by atoms with Crippen LogP contribution in [0.15, 0.2) is 24.5 Å². The van der Waals surface area contributed by atoms with Gasteiger partial charge in [0.25, 0.3) is 0 Å². The van der Waals surface area contributed by atoms with Crippen LogP contribution in [0.4, 0.5) is 0 Å². The highest BCUT2D eigenvalue weighted by Gasteiger charge is 2.24. The van der Waals surface area contributed by atoms with Crippen LogP contribution in [0.25, 0.3) is 0 Å². The Morgan fingerprint density at radius 3 is 2.53 bits per heavy atom. The van der Waals surface area contributed by atoms with Crippen LogP contribution in [0.5, 0.6) is 0 Å². The van der Waals surface area contributed by atoms with Gasteiger partial charge in [-0.05, 0) is 43.6 Å². The second kappa shape index (κ2) is 5.77. The molecule has 2 rings (SSSR count). The molecule has 1 aromatic rings. The molecule has 1 atom stereocenters. The first-order valence-electron chi connectivity index (χ1n) is 6.13. The van der Waals surface area contributed by atoms with Gasteiger partial charge in [0.2, 0.25) is 0 Å². The number of pyridine rings is 1. The Labute approximate surface area is 101 Å². The van der Waals surface area contributed by atoms with Crippen molar-refractivity contribution in [1.29, 1.82) is 0 Å². The normalized spacial score (nSPS) is 18.8. The van der Waals surface area contributed by atoms with Gasteiger partial charge in [0.15, 0.2) is 0 Å². The van der Waals surface area contributed by atoms with Gasteiger partial charge in [0.05, 0.1) is 6.42 Å². The zero-order valence-corrected chi connectivity index (χ0v) is 9.88. The molecule has 0 spiro atoms. The highest BCUT2D eigenvalue weighted by molar-refractivity contribution is 5.67. The number of likely N-dealkylation sites (tertiary alicyclic amines) is 1. The molecule has 4 heteroatoms. The molecule has 1 fully saturated rings. The van der Waals surface area contributed by atoms with E-state index in [1.807, 2.05) is 12.1 Å². The third-order valence-electron chi connectivity index (χ3n) is 3.29. The molecule has 0 radical (unpaired) electrons. The van der Waals surface area contributed by atoms with Gasteiger partial charge in [0.1, 0.15) is 0 Å². The Morgan fingerprint density at radius 2 is 1.94 bits per heavy atom. The Morgan fingerprint density at radius 1 is 1.29 bits per heavy atom. The first kappa shape index (κ1) is 12.0. The minimum Gasteiger partial charge on any atom is -0.481 e. The quantitative estimate of drug-likeness (QED) is 0.866. The van der Waals surface area contributed by atoms with E-state index in [0.29, 0.717) is 0 Å². The summed E-state index contributed by atoms with van der Waals surface area (Å²) in [5.41, 5.74) is 1.06. The van der Waals surface area contributed by atoms with E-state index in [1.165, 1.54) is 19.3 Å². The van der Waals surface area contributed by atoms with Gasteiger partial charge in [0, 0.05) is 18.4 Å². The summed E-state index contributed by atoms with van der Waals surface area (Å²) in [6, 6.07) is 3.83. The monoisotopic (exact) mass is 234 g/mol. The summed E-state index contributed by atoms with van der Waals surface area (Å²) in [7, 11) is 0. The van der Waals surface area contributed by atoms with Gasteiger partial charge >= 0.3 is 5.97 Å². The fraction of sp³-hybridized carbons (Fsp3) is 0.538. The first-order chi connectivity index (χ1) is 8.27. The number of carbonyl (C=O) groups is 1. The Kier molecular flexibility index (Phi) is 4.09. The highest BCUT2D eigenvalue weighted by Crippen LogP contribution is 2.27. The molecule has 1 aliphatic heterocycles. The minimum absolute atomic E-state index is 0.00389. The number of nitrogens with zero attached hydrogens (tertiary/aromatic N) is 2. The lowest BCUT2D eigenvalue weighted by Gasteiger charge is -2.34. The number of carboxylic acids is 1. The summed E-state index contributed by atoms with van der Waals surface area (Å²) < 4.78 is 0. The standard InChI is InChI=1S/C13H18N2O2/c16-13(17)10-12(11-4-6-14-7-5-11)15-8-2-1-3-9-15/h4-7,12H,1-3,8-10H2,(H,16,17). The van der Waals surface area contributed by atoms with Gasteiger partial charge in [-0.3, -0.25) is 14.7 Å². The second-order valence-corrected chi connectivity index (χ2v) is 4.49. The van der Waals surface area contributed by atoms with E-state index >= 15 is 0 Å². The Bertz CT molecular complexity index is 361. The molecule has 0 amide bonds. The van der Waals surface area contributed by atoms with Crippen molar-refractivity contribution >= 4 is 5.97 Å². The zero-order chi connectivity index (χ0) is 12.1. The zero-order valence-electron chi connectivity index (χ0n) is 9.88. The molecule has 0 bridgehead atoms. The van der Waals surface area contributed by atoms with E-state index < -0.39 is 5.97 Å². The molecule has 1 aliphatic rings. The minimum atomic E-state index is -0.739. The number of aromatic nitrogens is 1. The van der Waals surface area contributed by atoms with Crippen LogP contribution in [-0.2, 0) is 4.79 Å². The van der Waals surface area contributed by atoms with Crippen molar-refractivity contribution in [2.24, 2.45) is 0 Å². The van der Waals surface area contributed by atoms with Gasteiger partial charge in [-0.1, -0.05) is 6.42 Å². The first-order valence-corrected chi connectivity index (χ1v) is 6.13. The molecule has 17 heavy (non-hydrogen) atoms. The molecule has 1 N–H and O–H groups in total. The van der Waals surface area contributed by atoms with Crippen LogP contribution in [0.2, 0.25) is 0 Å². The lowest BCUT2D eigenvalue weighted by molar-refractivity contribution is -0.138. The van der Waals surface area contributed by atoms with Crippen molar-refractivity contribution in [3.8, 4) is 0 Å². The van der Waals surface area contributed by atoms with Gasteiger partial charge < -0.3 is 5.11 Å². The van der Waals surface area contributed by atoms with Crippen molar-refractivity contribution in [3.05, 3.63) is 30.1 Å². The lowest BCUT2D eigenvalue weighted by Crippen LogP contribution is -2.34. The lowest BCUT2D eigenvalue weighted by atomic mass is 10.00. The topological polar surface area (TPSA) is 53.4 Å². The number of hydrogen-bond acceptors (Lipinski definition) is 3. The number of rotatable bonds is 4. The average Bonchev–Trinajstić information content (AvgIpc) is 2.38. The van der Waals surface area contributed by atoms with E-state index in [2.05, 4.69) is 9.88 Å². The Hall–Kier alpha value is -1.42. The summed E-state index contributed by atoms with van der Waals surface area (Å²) in [5.74, 6) is -0.739. The molecule has 0 saturated carbocycles. The van der Waals surface area contributed by atoms with E-state index in [9.17, 15) is 4.79 Å². The van der Waals surface area contributed by atoms with Crippen molar-refractivity contribution in [1.82, 2.24) is 9.88 Å². The summed E-state index contributed by atoms with van der Waals surface area (Å²) in [4.78, 5) is 17.3. The smallest absolute Gasteiger partial charge is 0.305 e. The maximum Gasteiger partial charge on any atom is 0.305 e. The van der Waals surface area contributed by atoms with Crippen LogP contribution in [0.3, 0.4) is 0 Å². The van der Waals surface area contributed by atoms with Crippen molar-refractivity contribution in [2.75, 3.05) is 13.1 Å². The highest BCUT2D eigenvalue weighted by atomic mass is 16.4. The number of piperidine rings is 1. The molecule has 0 aliphatic carbocycles. The van der Waals surface area contributed by atoms with Gasteiger partial charge in [-0.25, -0.2) is 0 Å². The fourth-order valence-corrected chi connectivity index (χ4v) is 2.44. The van der Waals surface area contributed by atoms with E-state index in [4.69, 9.17) is 5.11 Å². The number of aliphatic carboxylic acids is 1. The van der Waals surface area contributed by atoms with Gasteiger partial charge in [-0.2, -0.15) is 0 Å². The molecular formula is C13H18N2O2. The molecule has 4 nitrogen and oxygen atoms in total. The average molecular weight is 234 g/mol. The van der Waals surface area contributed by atoms with E-state index in [1.54, 1.807) is 12.4 Å². The number of hydrogen-bond donors (Lipinski definition) is 1. The van der Waals surface area contributed by atoms with E-state index in [0.717, 1.165) is 18.7 Å².